The minimum atomic E-state index is -0.399. The number of hydrogen-bond donors (Lipinski definition) is 1. The number of amides is 1. The number of rotatable bonds is 9. The normalized spacial score (nSPS) is 10.9. The Kier molecular flexibility index (Phi) is 9.29. The number of benzene rings is 4. The monoisotopic (exact) mass is 706 g/mol. The van der Waals surface area contributed by atoms with Crippen molar-refractivity contribution in [1.29, 1.82) is 0 Å². The molecule has 0 fully saturated rings. The lowest BCUT2D eigenvalue weighted by atomic mass is 10.2. The van der Waals surface area contributed by atoms with Crippen molar-refractivity contribution in [3.63, 3.8) is 0 Å². The molecule has 182 valence electrons. The van der Waals surface area contributed by atoms with Crippen molar-refractivity contribution >= 4 is 57.3 Å². The van der Waals surface area contributed by atoms with E-state index in [-0.39, 0.29) is 12.4 Å². The molecule has 0 radical (unpaired) electrons. The Morgan fingerprint density at radius 2 is 1.61 bits per heavy atom. The van der Waals surface area contributed by atoms with E-state index in [0.717, 1.165) is 12.7 Å². The second-order valence-electron chi connectivity index (χ2n) is 7.66. The molecule has 0 heterocycles. The van der Waals surface area contributed by atoms with Gasteiger partial charge in [-0.25, -0.2) is 9.82 Å². The summed E-state index contributed by atoms with van der Waals surface area (Å²) in [6, 6.07) is 27.1. The Morgan fingerprint density at radius 1 is 0.889 bits per heavy atom. The standard InChI is InChI=1S/C28H21FI2N2O3/c29-24-12-6-4-10-20(24)18-36-27-21(14-22(30)15-25(27)31)16-32-33-28(34)23-11-5-7-13-26(23)35-17-19-8-2-1-3-9-19/h1-16H,17-18H2,(H,33,34)/b32-16+. The quantitative estimate of drug-likeness (QED) is 0.117. The lowest BCUT2D eigenvalue weighted by Crippen LogP contribution is -2.19. The third kappa shape index (κ3) is 7.03. The summed E-state index contributed by atoms with van der Waals surface area (Å²) in [5.74, 6) is 0.299. The van der Waals surface area contributed by atoms with Gasteiger partial charge < -0.3 is 9.47 Å². The molecule has 36 heavy (non-hydrogen) atoms. The van der Waals surface area contributed by atoms with Gasteiger partial charge in [0.25, 0.3) is 5.91 Å². The average Bonchev–Trinajstić information content (AvgIpc) is 2.88. The number of para-hydroxylation sites is 1. The number of carbonyl (C=O) groups excluding carboxylic acids is 1. The van der Waals surface area contributed by atoms with Crippen LogP contribution in [0.4, 0.5) is 4.39 Å². The van der Waals surface area contributed by atoms with E-state index >= 15 is 0 Å². The zero-order valence-corrected chi connectivity index (χ0v) is 23.3. The summed E-state index contributed by atoms with van der Waals surface area (Å²) in [4.78, 5) is 12.9. The van der Waals surface area contributed by atoms with E-state index in [9.17, 15) is 9.18 Å². The summed E-state index contributed by atoms with van der Waals surface area (Å²) in [6.45, 7) is 0.417. The van der Waals surface area contributed by atoms with Gasteiger partial charge in [-0.3, -0.25) is 4.79 Å². The molecule has 0 saturated carbocycles. The Hall–Kier alpha value is -2.99. The van der Waals surface area contributed by atoms with E-state index in [1.165, 1.54) is 12.3 Å². The van der Waals surface area contributed by atoms with Gasteiger partial charge in [0, 0.05) is 14.7 Å². The fourth-order valence-corrected chi connectivity index (χ4v) is 5.38. The number of ether oxygens (including phenoxy) is 2. The van der Waals surface area contributed by atoms with Crippen LogP contribution < -0.4 is 14.9 Å². The van der Waals surface area contributed by atoms with E-state index in [1.54, 1.807) is 36.4 Å². The third-order valence-corrected chi connectivity index (χ3v) is 6.53. The smallest absolute Gasteiger partial charge is 0.275 e. The molecule has 0 aromatic heterocycles. The molecule has 8 heteroatoms. The van der Waals surface area contributed by atoms with Crippen LogP contribution >= 0.6 is 45.2 Å². The molecule has 5 nitrogen and oxygen atoms in total. The largest absolute Gasteiger partial charge is 0.488 e. The van der Waals surface area contributed by atoms with Crippen LogP contribution in [0.5, 0.6) is 11.5 Å². The number of hydrogen-bond acceptors (Lipinski definition) is 4. The van der Waals surface area contributed by atoms with Crippen LogP contribution in [0.2, 0.25) is 0 Å². The molecule has 0 aliphatic rings. The van der Waals surface area contributed by atoms with Gasteiger partial charge in [0.05, 0.1) is 15.3 Å². The van der Waals surface area contributed by atoms with Crippen molar-refractivity contribution in [3.05, 3.63) is 126 Å². The molecule has 4 aromatic carbocycles. The van der Waals surface area contributed by atoms with Crippen LogP contribution in [0.25, 0.3) is 0 Å². The second kappa shape index (κ2) is 12.8. The van der Waals surface area contributed by atoms with Gasteiger partial charge in [0.1, 0.15) is 30.5 Å². The van der Waals surface area contributed by atoms with Gasteiger partial charge >= 0.3 is 0 Å². The molecule has 0 unspecified atom stereocenters. The Morgan fingerprint density at radius 3 is 2.42 bits per heavy atom. The molecule has 0 saturated heterocycles. The minimum Gasteiger partial charge on any atom is -0.488 e. The first-order valence-corrected chi connectivity index (χ1v) is 13.1. The van der Waals surface area contributed by atoms with Crippen molar-refractivity contribution in [2.45, 2.75) is 13.2 Å². The highest BCUT2D eigenvalue weighted by Gasteiger charge is 2.13. The summed E-state index contributed by atoms with van der Waals surface area (Å²) < 4.78 is 27.7. The molecule has 1 amide bonds. The maximum atomic E-state index is 14.0. The first kappa shape index (κ1) is 26.1. The van der Waals surface area contributed by atoms with Crippen LogP contribution in [-0.4, -0.2) is 12.1 Å². The number of nitrogens with one attached hydrogen (secondary N) is 1. The second-order valence-corrected chi connectivity index (χ2v) is 10.1. The van der Waals surface area contributed by atoms with Crippen LogP contribution in [0, 0.1) is 13.0 Å². The predicted octanol–water partition coefficient (Wildman–Crippen LogP) is 6.96. The van der Waals surface area contributed by atoms with Gasteiger partial charge in [0.15, 0.2) is 0 Å². The summed E-state index contributed by atoms with van der Waals surface area (Å²) in [6.07, 6.45) is 1.52. The molecular formula is C28H21FI2N2O3. The number of nitrogens with zero attached hydrogens (tertiary/aromatic N) is 1. The van der Waals surface area contributed by atoms with Crippen molar-refractivity contribution < 1.29 is 18.7 Å². The van der Waals surface area contributed by atoms with Crippen LogP contribution in [0.3, 0.4) is 0 Å². The zero-order chi connectivity index (χ0) is 25.3. The average molecular weight is 706 g/mol. The van der Waals surface area contributed by atoms with E-state index < -0.39 is 5.91 Å². The van der Waals surface area contributed by atoms with Crippen LogP contribution in [0.15, 0.2) is 96.1 Å². The van der Waals surface area contributed by atoms with Crippen molar-refractivity contribution in [3.8, 4) is 11.5 Å². The lowest BCUT2D eigenvalue weighted by molar-refractivity contribution is 0.0950. The van der Waals surface area contributed by atoms with Gasteiger partial charge in [-0.15, -0.1) is 0 Å². The number of halogens is 3. The van der Waals surface area contributed by atoms with E-state index in [1.807, 2.05) is 48.5 Å². The minimum absolute atomic E-state index is 0.0720. The Bertz CT molecular complexity index is 1380. The van der Waals surface area contributed by atoms with Gasteiger partial charge in [-0.1, -0.05) is 60.7 Å². The summed E-state index contributed by atoms with van der Waals surface area (Å²) in [7, 11) is 0. The highest BCUT2D eigenvalue weighted by molar-refractivity contribution is 14.1. The summed E-state index contributed by atoms with van der Waals surface area (Å²) in [5, 5.41) is 4.15. The van der Waals surface area contributed by atoms with E-state index in [4.69, 9.17) is 9.47 Å². The van der Waals surface area contributed by atoms with E-state index in [0.29, 0.717) is 34.8 Å². The lowest BCUT2D eigenvalue weighted by Gasteiger charge is -2.13. The van der Waals surface area contributed by atoms with Gasteiger partial charge in [-0.2, -0.15) is 5.10 Å². The zero-order valence-electron chi connectivity index (χ0n) is 19.0. The highest BCUT2D eigenvalue weighted by Crippen LogP contribution is 2.28. The first-order chi connectivity index (χ1) is 17.5. The van der Waals surface area contributed by atoms with Crippen molar-refractivity contribution in [2.75, 3.05) is 0 Å². The number of carbonyl (C=O) groups is 1. The Labute approximate surface area is 236 Å². The Balaban J connectivity index is 1.46. The van der Waals surface area contributed by atoms with Crippen molar-refractivity contribution in [1.82, 2.24) is 5.43 Å². The molecule has 0 atom stereocenters. The molecule has 4 rings (SSSR count). The SMILES string of the molecule is O=C(N/N=C/c1cc(I)cc(I)c1OCc1ccccc1F)c1ccccc1OCc1ccccc1. The van der Waals surface area contributed by atoms with Gasteiger partial charge in [0.2, 0.25) is 0 Å². The highest BCUT2D eigenvalue weighted by atomic mass is 127. The summed E-state index contributed by atoms with van der Waals surface area (Å²) >= 11 is 4.37. The molecule has 1 N–H and O–H groups in total. The first-order valence-electron chi connectivity index (χ1n) is 11.0. The third-order valence-electron chi connectivity index (χ3n) is 5.11. The topological polar surface area (TPSA) is 59.9 Å². The van der Waals surface area contributed by atoms with Crippen LogP contribution in [-0.2, 0) is 13.2 Å². The molecule has 0 bridgehead atoms. The van der Waals surface area contributed by atoms with Gasteiger partial charge in [-0.05, 0) is 81.1 Å². The fraction of sp³-hybridized carbons (Fsp3) is 0.0714. The van der Waals surface area contributed by atoms with E-state index in [2.05, 4.69) is 55.7 Å². The molecule has 0 aliphatic heterocycles. The maximum Gasteiger partial charge on any atom is 0.275 e. The van der Waals surface area contributed by atoms with Crippen molar-refractivity contribution in [2.24, 2.45) is 5.10 Å². The van der Waals surface area contributed by atoms with Crippen LogP contribution in [0.1, 0.15) is 27.0 Å². The summed E-state index contributed by atoms with van der Waals surface area (Å²) in [5.41, 5.74) is 5.06. The fourth-order valence-electron chi connectivity index (χ4n) is 3.33. The molecular weight excluding hydrogens is 685 g/mol. The predicted molar refractivity (Wildman–Crippen MR) is 155 cm³/mol. The number of hydrazone groups is 1. The molecule has 0 aliphatic carbocycles. The molecule has 0 spiro atoms. The molecule has 4 aromatic rings. The maximum absolute atomic E-state index is 14.0.